The van der Waals surface area contributed by atoms with E-state index in [-0.39, 0.29) is 5.91 Å². The molecule has 0 spiro atoms. The predicted octanol–water partition coefficient (Wildman–Crippen LogP) is 4.74. The molecule has 140 valence electrons. The molecule has 28 heavy (non-hydrogen) atoms. The molecule has 0 heterocycles. The number of esters is 1. The summed E-state index contributed by atoms with van der Waals surface area (Å²) in [5.74, 6) is -0.282. The first-order valence-corrected chi connectivity index (χ1v) is 9.30. The fraction of sp³-hybridized carbons (Fsp3) is 0.0455. The zero-order valence-corrected chi connectivity index (χ0v) is 16.6. The molecule has 0 aliphatic carbocycles. The Kier molecular flexibility index (Phi) is 6.34. The van der Waals surface area contributed by atoms with E-state index in [0.717, 1.165) is 11.1 Å². The van der Waals surface area contributed by atoms with E-state index >= 15 is 0 Å². The maximum Gasteiger partial charge on any atom is 0.343 e. The van der Waals surface area contributed by atoms with Crippen LogP contribution in [0.3, 0.4) is 0 Å². The summed E-state index contributed by atoms with van der Waals surface area (Å²) in [5, 5.41) is 3.96. The SMILES string of the molecule is Cc1ccccc1C(=O)Oc1ccc(/C=N/NC(=O)c2ccccc2Br)cc1. The minimum absolute atomic E-state index is 0.312. The quantitative estimate of drug-likeness (QED) is 0.271. The summed E-state index contributed by atoms with van der Waals surface area (Å²) in [7, 11) is 0. The average Bonchev–Trinajstić information content (AvgIpc) is 2.70. The van der Waals surface area contributed by atoms with Crippen molar-refractivity contribution in [3.05, 3.63) is 99.5 Å². The highest BCUT2D eigenvalue weighted by Crippen LogP contribution is 2.16. The second-order valence-corrected chi connectivity index (χ2v) is 6.81. The number of halogens is 1. The molecule has 0 aromatic heterocycles. The van der Waals surface area contributed by atoms with Crippen molar-refractivity contribution >= 4 is 34.0 Å². The van der Waals surface area contributed by atoms with Gasteiger partial charge in [0.1, 0.15) is 5.75 Å². The van der Waals surface area contributed by atoms with Gasteiger partial charge in [0.2, 0.25) is 0 Å². The molecule has 3 aromatic carbocycles. The van der Waals surface area contributed by atoms with Crippen molar-refractivity contribution in [3.8, 4) is 5.75 Å². The normalized spacial score (nSPS) is 10.6. The molecule has 0 atom stereocenters. The van der Waals surface area contributed by atoms with Gasteiger partial charge >= 0.3 is 5.97 Å². The van der Waals surface area contributed by atoms with Crippen LogP contribution in [-0.2, 0) is 0 Å². The molecule has 0 radical (unpaired) electrons. The van der Waals surface area contributed by atoms with Gasteiger partial charge in [0.25, 0.3) is 5.91 Å². The van der Waals surface area contributed by atoms with E-state index in [1.165, 1.54) is 6.21 Å². The smallest absolute Gasteiger partial charge is 0.343 e. The first kappa shape index (κ1) is 19.5. The standard InChI is InChI=1S/C22H17BrN2O3/c1-15-6-2-3-7-18(15)22(27)28-17-12-10-16(11-13-17)14-24-25-21(26)19-8-4-5-9-20(19)23/h2-14H,1H3,(H,25,26)/b24-14+. The predicted molar refractivity (Wildman–Crippen MR) is 112 cm³/mol. The lowest BCUT2D eigenvalue weighted by Gasteiger charge is -2.06. The van der Waals surface area contributed by atoms with Crippen LogP contribution in [0.4, 0.5) is 0 Å². The van der Waals surface area contributed by atoms with Gasteiger partial charge in [-0.05, 0) is 76.4 Å². The number of hydrogen-bond acceptors (Lipinski definition) is 4. The van der Waals surface area contributed by atoms with E-state index < -0.39 is 5.97 Å². The monoisotopic (exact) mass is 436 g/mol. The minimum Gasteiger partial charge on any atom is -0.423 e. The molecule has 0 unspecified atom stereocenters. The number of carbonyl (C=O) groups excluding carboxylic acids is 2. The maximum absolute atomic E-state index is 12.2. The fourth-order valence-electron chi connectivity index (χ4n) is 2.46. The third-order valence-electron chi connectivity index (χ3n) is 3.95. The Morgan fingerprint density at radius 3 is 2.25 bits per heavy atom. The number of hydrazone groups is 1. The lowest BCUT2D eigenvalue weighted by Crippen LogP contribution is -2.18. The van der Waals surface area contributed by atoms with Crippen LogP contribution < -0.4 is 10.2 Å². The number of rotatable bonds is 5. The van der Waals surface area contributed by atoms with E-state index in [4.69, 9.17) is 4.74 Å². The molecule has 3 aromatic rings. The lowest BCUT2D eigenvalue weighted by molar-refractivity contribution is 0.0733. The van der Waals surface area contributed by atoms with Gasteiger partial charge in [0.05, 0.1) is 17.3 Å². The van der Waals surface area contributed by atoms with Gasteiger partial charge in [-0.2, -0.15) is 5.10 Å². The number of benzene rings is 3. The van der Waals surface area contributed by atoms with Crippen molar-refractivity contribution in [2.75, 3.05) is 0 Å². The summed E-state index contributed by atoms with van der Waals surface area (Å²) in [6.07, 6.45) is 1.52. The molecule has 6 heteroatoms. The molecule has 0 bridgehead atoms. The minimum atomic E-state index is -0.403. The van der Waals surface area contributed by atoms with Gasteiger partial charge in [-0.15, -0.1) is 0 Å². The zero-order valence-electron chi connectivity index (χ0n) is 15.1. The molecule has 0 saturated heterocycles. The highest BCUT2D eigenvalue weighted by Gasteiger charge is 2.11. The van der Waals surface area contributed by atoms with Crippen molar-refractivity contribution in [2.45, 2.75) is 6.92 Å². The largest absolute Gasteiger partial charge is 0.423 e. The van der Waals surface area contributed by atoms with E-state index in [2.05, 4.69) is 26.5 Å². The highest BCUT2D eigenvalue weighted by molar-refractivity contribution is 9.10. The van der Waals surface area contributed by atoms with E-state index in [1.54, 1.807) is 54.6 Å². The van der Waals surface area contributed by atoms with Crippen LogP contribution in [0.25, 0.3) is 0 Å². The topological polar surface area (TPSA) is 67.8 Å². The Bertz CT molecular complexity index is 1030. The first-order valence-electron chi connectivity index (χ1n) is 8.50. The van der Waals surface area contributed by atoms with Crippen LogP contribution in [-0.4, -0.2) is 18.1 Å². The van der Waals surface area contributed by atoms with Crippen LogP contribution in [0, 0.1) is 6.92 Å². The van der Waals surface area contributed by atoms with Gasteiger partial charge in [-0.3, -0.25) is 4.79 Å². The Balaban J connectivity index is 1.59. The third kappa shape index (κ3) is 4.92. The van der Waals surface area contributed by atoms with Gasteiger partial charge < -0.3 is 4.74 Å². The lowest BCUT2D eigenvalue weighted by atomic mass is 10.1. The molecule has 0 saturated carbocycles. The summed E-state index contributed by atoms with van der Waals surface area (Å²) in [6, 6.07) is 21.2. The molecular weight excluding hydrogens is 420 g/mol. The van der Waals surface area contributed by atoms with Gasteiger partial charge in [0.15, 0.2) is 0 Å². The van der Waals surface area contributed by atoms with Crippen LogP contribution in [0.5, 0.6) is 5.75 Å². The molecule has 0 fully saturated rings. The molecule has 5 nitrogen and oxygen atoms in total. The number of hydrogen-bond donors (Lipinski definition) is 1. The summed E-state index contributed by atoms with van der Waals surface area (Å²) in [6.45, 7) is 1.86. The molecule has 0 aliphatic heterocycles. The van der Waals surface area contributed by atoms with Crippen molar-refractivity contribution in [1.29, 1.82) is 0 Å². The number of nitrogens with one attached hydrogen (secondary N) is 1. The van der Waals surface area contributed by atoms with Gasteiger partial charge in [0, 0.05) is 4.47 Å². The second kappa shape index (κ2) is 9.10. The van der Waals surface area contributed by atoms with Crippen LogP contribution in [0.1, 0.15) is 31.8 Å². The van der Waals surface area contributed by atoms with Crippen LogP contribution in [0.15, 0.2) is 82.4 Å². The Morgan fingerprint density at radius 2 is 1.57 bits per heavy atom. The Hall–Kier alpha value is -3.25. The van der Waals surface area contributed by atoms with Crippen molar-refractivity contribution in [1.82, 2.24) is 5.43 Å². The fourth-order valence-corrected chi connectivity index (χ4v) is 2.92. The zero-order chi connectivity index (χ0) is 19.9. The molecule has 3 rings (SSSR count). The third-order valence-corrected chi connectivity index (χ3v) is 4.65. The Labute approximate surface area is 171 Å². The number of nitrogens with zero attached hydrogens (tertiary/aromatic N) is 1. The number of carbonyl (C=O) groups is 2. The van der Waals surface area contributed by atoms with E-state index in [9.17, 15) is 9.59 Å². The van der Waals surface area contributed by atoms with Crippen LogP contribution in [0.2, 0.25) is 0 Å². The summed E-state index contributed by atoms with van der Waals surface area (Å²) in [4.78, 5) is 24.3. The highest BCUT2D eigenvalue weighted by atomic mass is 79.9. The molecule has 1 N–H and O–H groups in total. The Morgan fingerprint density at radius 1 is 0.929 bits per heavy atom. The summed E-state index contributed by atoms with van der Waals surface area (Å²) < 4.78 is 6.09. The van der Waals surface area contributed by atoms with Gasteiger partial charge in [-0.25, -0.2) is 10.2 Å². The van der Waals surface area contributed by atoms with Crippen LogP contribution >= 0.6 is 15.9 Å². The van der Waals surface area contributed by atoms with E-state index in [1.807, 2.05) is 25.1 Å². The maximum atomic E-state index is 12.2. The van der Waals surface area contributed by atoms with Gasteiger partial charge in [-0.1, -0.05) is 30.3 Å². The van der Waals surface area contributed by atoms with Crippen molar-refractivity contribution < 1.29 is 14.3 Å². The molecular formula is C22H17BrN2O3. The second-order valence-electron chi connectivity index (χ2n) is 5.95. The number of aryl methyl sites for hydroxylation is 1. The number of amides is 1. The van der Waals surface area contributed by atoms with E-state index in [0.29, 0.717) is 21.3 Å². The molecule has 1 amide bonds. The van der Waals surface area contributed by atoms with Crippen molar-refractivity contribution in [2.24, 2.45) is 5.10 Å². The first-order chi connectivity index (χ1) is 13.5. The van der Waals surface area contributed by atoms with Crippen molar-refractivity contribution in [3.63, 3.8) is 0 Å². The average molecular weight is 437 g/mol. The summed E-state index contributed by atoms with van der Waals surface area (Å²) in [5.41, 5.74) is 5.12. The molecule has 0 aliphatic rings. The summed E-state index contributed by atoms with van der Waals surface area (Å²) >= 11 is 3.33. The number of ether oxygens (including phenoxy) is 1.